The molecule has 0 aliphatic carbocycles. The molecule has 44 heavy (non-hydrogen) atoms. The number of likely N-dealkylation sites (tertiary alicyclic amines) is 1. The smallest absolute Gasteiger partial charge is 0.247 e. The molecule has 4 aliphatic rings. The fourth-order valence-corrected chi connectivity index (χ4v) is 10.1. The van der Waals surface area contributed by atoms with E-state index in [1.54, 1.807) is 16.7 Å². The molecule has 232 valence electrons. The second-order valence-corrected chi connectivity index (χ2v) is 14.7. The second kappa shape index (κ2) is 12.2. The summed E-state index contributed by atoms with van der Waals surface area (Å²) in [6, 6.07) is 18.3. The van der Waals surface area contributed by atoms with Gasteiger partial charge in [0.1, 0.15) is 6.04 Å². The predicted molar refractivity (Wildman–Crippen MR) is 174 cm³/mol. The van der Waals surface area contributed by atoms with E-state index >= 15 is 0 Å². The average molecular weight is 614 g/mol. The minimum absolute atomic E-state index is 0.000334. The van der Waals surface area contributed by atoms with Gasteiger partial charge in [0, 0.05) is 30.4 Å². The number of aliphatic hydroxyl groups is 1. The van der Waals surface area contributed by atoms with Crippen LogP contribution >= 0.6 is 11.8 Å². The van der Waals surface area contributed by atoms with Crippen LogP contribution in [-0.4, -0.2) is 84.8 Å². The van der Waals surface area contributed by atoms with Crippen molar-refractivity contribution in [1.82, 2.24) is 14.7 Å². The molecule has 2 saturated heterocycles. The molecule has 0 radical (unpaired) electrons. The lowest BCUT2D eigenvalue weighted by molar-refractivity contribution is -0.148. The van der Waals surface area contributed by atoms with Crippen LogP contribution in [0.25, 0.3) is 0 Å². The minimum atomic E-state index is -0.936. The first-order valence-electron chi connectivity index (χ1n) is 15.9. The third kappa shape index (κ3) is 5.10. The van der Waals surface area contributed by atoms with Gasteiger partial charge in [-0.05, 0) is 37.8 Å². The zero-order valence-electron chi connectivity index (χ0n) is 25.8. The van der Waals surface area contributed by atoms with Gasteiger partial charge in [-0.15, -0.1) is 11.8 Å². The van der Waals surface area contributed by atoms with Crippen molar-refractivity contribution in [2.75, 3.05) is 19.7 Å². The molecule has 2 aromatic rings. The predicted octanol–water partition coefficient (Wildman–Crippen LogP) is 4.46. The number of hydrogen-bond donors (Lipinski definition) is 1. The van der Waals surface area contributed by atoms with E-state index in [9.17, 15) is 19.5 Å². The normalized spacial score (nSPS) is 31.0. The first kappa shape index (κ1) is 30.7. The quantitative estimate of drug-likeness (QED) is 0.423. The van der Waals surface area contributed by atoms with Crippen molar-refractivity contribution >= 4 is 29.5 Å². The van der Waals surface area contributed by atoms with Gasteiger partial charge in [-0.25, -0.2) is 0 Å². The van der Waals surface area contributed by atoms with Crippen LogP contribution in [0.4, 0.5) is 0 Å². The van der Waals surface area contributed by atoms with E-state index in [-0.39, 0.29) is 30.4 Å². The fraction of sp³-hybridized carbons (Fsp3) is 0.472. The zero-order valence-corrected chi connectivity index (χ0v) is 26.7. The summed E-state index contributed by atoms with van der Waals surface area (Å²) in [6.45, 7) is 7.33. The first-order chi connectivity index (χ1) is 21.2. The average Bonchev–Trinajstić information content (AvgIpc) is 3.30. The van der Waals surface area contributed by atoms with Crippen LogP contribution < -0.4 is 0 Å². The number of carbonyl (C=O) groups is 3. The van der Waals surface area contributed by atoms with Gasteiger partial charge in [0.05, 0.1) is 29.2 Å². The summed E-state index contributed by atoms with van der Waals surface area (Å²) in [4.78, 5) is 49.7. The molecular weight excluding hydrogens is 570 g/mol. The molecule has 1 spiro atoms. The van der Waals surface area contributed by atoms with Crippen LogP contribution in [0.1, 0.15) is 44.7 Å². The Kier molecular flexibility index (Phi) is 8.50. The number of aliphatic hydroxyl groups excluding tert-OH is 1. The molecule has 2 aromatic carbocycles. The number of carbonyl (C=O) groups excluding carboxylic acids is 3. The van der Waals surface area contributed by atoms with Crippen molar-refractivity contribution in [3.63, 3.8) is 0 Å². The van der Waals surface area contributed by atoms with Crippen LogP contribution in [0.3, 0.4) is 0 Å². The maximum atomic E-state index is 14.9. The van der Waals surface area contributed by atoms with Gasteiger partial charge in [0.15, 0.2) is 0 Å². The van der Waals surface area contributed by atoms with Gasteiger partial charge in [-0.1, -0.05) is 98.3 Å². The molecule has 7 nitrogen and oxygen atoms in total. The van der Waals surface area contributed by atoms with Gasteiger partial charge >= 0.3 is 0 Å². The third-order valence-electron chi connectivity index (χ3n) is 9.98. The van der Waals surface area contributed by atoms with Crippen LogP contribution in [0, 0.1) is 11.8 Å². The summed E-state index contributed by atoms with van der Waals surface area (Å²) in [5.74, 6) is -1.75. The summed E-state index contributed by atoms with van der Waals surface area (Å²) in [6.07, 6.45) is 10.5. The van der Waals surface area contributed by atoms with Crippen LogP contribution in [0.5, 0.6) is 0 Å². The third-order valence-corrected chi connectivity index (χ3v) is 11.8. The largest absolute Gasteiger partial charge is 0.394 e. The molecule has 1 N–H and O–H groups in total. The molecule has 0 aromatic heterocycles. The van der Waals surface area contributed by atoms with Gasteiger partial charge in [-0.2, -0.15) is 0 Å². The van der Waals surface area contributed by atoms with Crippen LogP contribution in [0.15, 0.2) is 85.0 Å². The molecular formula is C36H43N3O4S. The number of fused-ring (bicyclic) bond motifs is 2. The van der Waals surface area contributed by atoms with E-state index in [4.69, 9.17) is 0 Å². The summed E-state index contributed by atoms with van der Waals surface area (Å²) >= 11 is 1.60. The van der Waals surface area contributed by atoms with Crippen molar-refractivity contribution < 1.29 is 19.5 Å². The standard InChI is InChI=1S/C36H43N3O4S/c1-4-13-25(2)38-21-12-19-36-30(33(42)39(31(36)34(38)43)28(24-40)22-26-14-7-5-8-15-26)29-32(41)37(20-11-18-35(29,3)44-36)23-27-16-9-6-10-17-27/h5-12,14-19,25,28-31,40H,4,13,20-24H2,1-3H3/t25?,28-,29+,30+,31?,35-,36+/m1/s1. The Labute approximate surface area is 265 Å². The SMILES string of the molecule is CCCC(C)N1CC=C[C@]23S[C@]4(C)C=CCN(Cc5ccccc5)C(=O)[C@@H]4[C@H]2C(=O)N([C@@H](CO)Cc2ccccc2)C3C1=O. The van der Waals surface area contributed by atoms with Crippen molar-refractivity contribution in [3.8, 4) is 0 Å². The maximum Gasteiger partial charge on any atom is 0.247 e. The monoisotopic (exact) mass is 613 g/mol. The zero-order chi connectivity index (χ0) is 31.1. The summed E-state index contributed by atoms with van der Waals surface area (Å²) < 4.78 is -1.61. The molecule has 0 bridgehead atoms. The highest BCUT2D eigenvalue weighted by Crippen LogP contribution is 2.66. The topological polar surface area (TPSA) is 81.2 Å². The van der Waals surface area contributed by atoms with E-state index in [1.165, 1.54) is 0 Å². The number of hydrogen-bond acceptors (Lipinski definition) is 5. The lowest BCUT2D eigenvalue weighted by Crippen LogP contribution is -2.58. The summed E-state index contributed by atoms with van der Waals surface area (Å²) in [7, 11) is 0. The van der Waals surface area contributed by atoms with E-state index in [0.29, 0.717) is 26.1 Å². The Morgan fingerprint density at radius 3 is 2.20 bits per heavy atom. The highest BCUT2D eigenvalue weighted by molar-refractivity contribution is 8.02. The van der Waals surface area contributed by atoms with Crippen molar-refractivity contribution in [3.05, 3.63) is 96.1 Å². The number of benzene rings is 2. The van der Waals surface area contributed by atoms with E-state index in [0.717, 1.165) is 24.0 Å². The van der Waals surface area contributed by atoms with Gasteiger partial charge in [0.2, 0.25) is 17.7 Å². The number of thioether (sulfide) groups is 1. The molecule has 2 unspecified atom stereocenters. The van der Waals surface area contributed by atoms with Gasteiger partial charge in [-0.3, -0.25) is 14.4 Å². The summed E-state index contributed by atoms with van der Waals surface area (Å²) in [5.41, 5.74) is 2.02. The Morgan fingerprint density at radius 1 is 0.886 bits per heavy atom. The molecule has 3 amide bonds. The molecule has 4 heterocycles. The maximum absolute atomic E-state index is 14.9. The molecule has 7 atom stereocenters. The highest BCUT2D eigenvalue weighted by atomic mass is 32.2. The summed E-state index contributed by atoms with van der Waals surface area (Å²) in [5, 5.41) is 10.8. The van der Waals surface area contributed by atoms with Crippen molar-refractivity contribution in [1.29, 1.82) is 0 Å². The van der Waals surface area contributed by atoms with Crippen LogP contribution in [0.2, 0.25) is 0 Å². The minimum Gasteiger partial charge on any atom is -0.394 e. The Bertz CT molecular complexity index is 1450. The molecule has 4 aliphatic heterocycles. The van der Waals surface area contributed by atoms with E-state index in [1.807, 2.05) is 82.6 Å². The molecule has 6 rings (SSSR count). The number of nitrogens with zero attached hydrogens (tertiary/aromatic N) is 3. The lowest BCUT2D eigenvalue weighted by atomic mass is 9.74. The molecule has 8 heteroatoms. The second-order valence-electron chi connectivity index (χ2n) is 12.9. The van der Waals surface area contributed by atoms with Gasteiger partial charge in [0.25, 0.3) is 0 Å². The molecule has 2 fully saturated rings. The Balaban J connectivity index is 1.45. The van der Waals surface area contributed by atoms with E-state index < -0.39 is 33.4 Å². The molecule has 0 saturated carbocycles. The first-order valence-corrected chi connectivity index (χ1v) is 16.7. The van der Waals surface area contributed by atoms with Crippen LogP contribution in [-0.2, 0) is 27.3 Å². The highest BCUT2D eigenvalue weighted by Gasteiger charge is 2.74. The Morgan fingerprint density at radius 2 is 1.55 bits per heavy atom. The number of rotatable bonds is 9. The fourth-order valence-electron chi connectivity index (χ4n) is 7.98. The van der Waals surface area contributed by atoms with E-state index in [2.05, 4.69) is 32.9 Å². The lowest BCUT2D eigenvalue weighted by Gasteiger charge is -2.41. The Hall–Kier alpha value is -3.36. The van der Waals surface area contributed by atoms with Crippen molar-refractivity contribution in [2.24, 2.45) is 11.8 Å². The van der Waals surface area contributed by atoms with Crippen molar-refractivity contribution in [2.45, 2.75) is 74.2 Å². The number of amides is 3. The van der Waals surface area contributed by atoms with Gasteiger partial charge < -0.3 is 19.8 Å².